The topological polar surface area (TPSA) is 26.0 Å². The Morgan fingerprint density at radius 3 is 2.47 bits per heavy atom. The number of hydrogen-bond donors (Lipinski definition) is 1. The molecule has 1 aliphatic carbocycles. The summed E-state index contributed by atoms with van der Waals surface area (Å²) in [6, 6.07) is 8.24. The zero-order valence-electron chi connectivity index (χ0n) is 9.01. The second-order valence-corrected chi connectivity index (χ2v) is 4.91. The zero-order chi connectivity index (χ0) is 10.7. The van der Waals surface area contributed by atoms with Crippen molar-refractivity contribution in [1.29, 1.82) is 0 Å². The highest BCUT2D eigenvalue weighted by Crippen LogP contribution is 2.45. The minimum absolute atomic E-state index is 0.271. The zero-order valence-corrected chi connectivity index (χ0v) is 9.76. The van der Waals surface area contributed by atoms with Crippen LogP contribution in [0.2, 0.25) is 5.02 Å². The fourth-order valence-corrected chi connectivity index (χ4v) is 3.21. The Bertz CT molecular complexity index is 329. The Labute approximate surface area is 96.6 Å². The summed E-state index contributed by atoms with van der Waals surface area (Å²) in [5.41, 5.74) is 7.32. The van der Waals surface area contributed by atoms with Crippen molar-refractivity contribution < 1.29 is 0 Å². The van der Waals surface area contributed by atoms with Gasteiger partial charge in [-0.25, -0.2) is 0 Å². The molecule has 0 amide bonds. The number of benzene rings is 1. The van der Waals surface area contributed by atoms with Crippen molar-refractivity contribution in [3.63, 3.8) is 0 Å². The van der Waals surface area contributed by atoms with Crippen LogP contribution in [0.4, 0.5) is 0 Å². The standard InChI is InChI=1S/C13H18ClN/c14-12-6-2-1-5-11(12)13(9-10-15)7-3-4-8-13/h1-2,5-6H,3-4,7-10,15H2. The van der Waals surface area contributed by atoms with Crippen molar-refractivity contribution in [2.24, 2.45) is 5.73 Å². The third-order valence-electron chi connectivity index (χ3n) is 3.63. The van der Waals surface area contributed by atoms with Crippen LogP contribution in [0.25, 0.3) is 0 Å². The maximum Gasteiger partial charge on any atom is 0.0443 e. The second kappa shape index (κ2) is 4.54. The van der Waals surface area contributed by atoms with Crippen LogP contribution in [-0.4, -0.2) is 6.54 Å². The summed E-state index contributed by atoms with van der Waals surface area (Å²) in [6.07, 6.45) is 6.18. The summed E-state index contributed by atoms with van der Waals surface area (Å²) in [5.74, 6) is 0. The average Bonchev–Trinajstić information content (AvgIpc) is 2.69. The van der Waals surface area contributed by atoms with Crippen molar-refractivity contribution in [2.75, 3.05) is 6.54 Å². The third-order valence-corrected chi connectivity index (χ3v) is 3.96. The van der Waals surface area contributed by atoms with Gasteiger partial charge in [0, 0.05) is 5.02 Å². The van der Waals surface area contributed by atoms with Crippen LogP contribution < -0.4 is 5.73 Å². The molecule has 0 bridgehead atoms. The maximum atomic E-state index is 6.29. The maximum absolute atomic E-state index is 6.29. The molecule has 1 aliphatic rings. The third kappa shape index (κ3) is 2.04. The molecule has 82 valence electrons. The molecule has 2 N–H and O–H groups in total. The number of hydrogen-bond acceptors (Lipinski definition) is 1. The van der Waals surface area contributed by atoms with E-state index in [4.69, 9.17) is 17.3 Å². The Hall–Kier alpha value is -0.530. The Morgan fingerprint density at radius 1 is 1.20 bits per heavy atom. The lowest BCUT2D eigenvalue weighted by Crippen LogP contribution is -2.26. The van der Waals surface area contributed by atoms with E-state index in [-0.39, 0.29) is 5.41 Å². The normalized spacial score (nSPS) is 19.3. The molecule has 1 fully saturated rings. The van der Waals surface area contributed by atoms with Gasteiger partial charge in [0.25, 0.3) is 0 Å². The van der Waals surface area contributed by atoms with Crippen LogP contribution >= 0.6 is 11.6 Å². The molecular weight excluding hydrogens is 206 g/mol. The SMILES string of the molecule is NCCC1(c2ccccc2Cl)CCCC1. The fourth-order valence-electron chi connectivity index (χ4n) is 2.87. The molecule has 0 saturated heterocycles. The second-order valence-electron chi connectivity index (χ2n) is 4.51. The molecule has 1 saturated carbocycles. The first-order chi connectivity index (χ1) is 7.28. The van der Waals surface area contributed by atoms with Gasteiger partial charge in [0.2, 0.25) is 0 Å². The summed E-state index contributed by atoms with van der Waals surface area (Å²) >= 11 is 6.29. The van der Waals surface area contributed by atoms with Crippen molar-refractivity contribution in [3.8, 4) is 0 Å². The van der Waals surface area contributed by atoms with Crippen LogP contribution in [0.3, 0.4) is 0 Å². The molecule has 0 heterocycles. The molecular formula is C13H18ClN. The molecule has 0 radical (unpaired) electrons. The molecule has 0 spiro atoms. The van der Waals surface area contributed by atoms with E-state index in [0.29, 0.717) is 0 Å². The highest BCUT2D eigenvalue weighted by molar-refractivity contribution is 6.31. The van der Waals surface area contributed by atoms with Gasteiger partial charge in [-0.3, -0.25) is 0 Å². The molecule has 0 aliphatic heterocycles. The summed E-state index contributed by atoms with van der Waals surface area (Å²) < 4.78 is 0. The quantitative estimate of drug-likeness (QED) is 0.834. The van der Waals surface area contributed by atoms with E-state index in [1.54, 1.807) is 0 Å². The van der Waals surface area contributed by atoms with Gasteiger partial charge in [0.15, 0.2) is 0 Å². The summed E-state index contributed by atoms with van der Waals surface area (Å²) in [7, 11) is 0. The summed E-state index contributed by atoms with van der Waals surface area (Å²) in [6.45, 7) is 0.755. The average molecular weight is 224 g/mol. The fraction of sp³-hybridized carbons (Fsp3) is 0.538. The molecule has 0 aromatic heterocycles. The number of halogens is 1. The van der Waals surface area contributed by atoms with E-state index >= 15 is 0 Å². The van der Waals surface area contributed by atoms with Gasteiger partial charge < -0.3 is 5.73 Å². The number of rotatable bonds is 3. The van der Waals surface area contributed by atoms with Crippen LogP contribution in [0.1, 0.15) is 37.7 Å². The Morgan fingerprint density at radius 2 is 1.87 bits per heavy atom. The van der Waals surface area contributed by atoms with E-state index in [1.807, 2.05) is 12.1 Å². The molecule has 1 nitrogen and oxygen atoms in total. The minimum atomic E-state index is 0.271. The smallest absolute Gasteiger partial charge is 0.0443 e. The first-order valence-corrected chi connectivity index (χ1v) is 6.11. The first kappa shape index (κ1) is 11.0. The Balaban J connectivity index is 2.36. The predicted octanol–water partition coefficient (Wildman–Crippen LogP) is 3.50. The lowest BCUT2D eigenvalue weighted by Gasteiger charge is -2.30. The highest BCUT2D eigenvalue weighted by atomic mass is 35.5. The summed E-state index contributed by atoms with van der Waals surface area (Å²) in [5, 5.41) is 0.910. The highest BCUT2D eigenvalue weighted by Gasteiger charge is 2.35. The van der Waals surface area contributed by atoms with Crippen LogP contribution in [0.15, 0.2) is 24.3 Å². The van der Waals surface area contributed by atoms with Gasteiger partial charge in [-0.2, -0.15) is 0 Å². The van der Waals surface area contributed by atoms with Gasteiger partial charge in [0.05, 0.1) is 0 Å². The van der Waals surface area contributed by atoms with Gasteiger partial charge in [-0.15, -0.1) is 0 Å². The Kier molecular flexibility index (Phi) is 3.32. The molecule has 1 aromatic carbocycles. The van der Waals surface area contributed by atoms with E-state index in [2.05, 4.69) is 12.1 Å². The van der Waals surface area contributed by atoms with E-state index in [0.717, 1.165) is 18.0 Å². The van der Waals surface area contributed by atoms with Gasteiger partial charge in [-0.05, 0) is 42.9 Å². The minimum Gasteiger partial charge on any atom is -0.330 e. The molecule has 1 aromatic rings. The van der Waals surface area contributed by atoms with E-state index in [9.17, 15) is 0 Å². The van der Waals surface area contributed by atoms with Gasteiger partial charge in [-0.1, -0.05) is 42.6 Å². The van der Waals surface area contributed by atoms with Gasteiger partial charge in [0.1, 0.15) is 0 Å². The lowest BCUT2D eigenvalue weighted by molar-refractivity contribution is 0.412. The van der Waals surface area contributed by atoms with Gasteiger partial charge >= 0.3 is 0 Å². The van der Waals surface area contributed by atoms with Crippen LogP contribution in [-0.2, 0) is 5.41 Å². The monoisotopic (exact) mass is 223 g/mol. The molecule has 0 unspecified atom stereocenters. The van der Waals surface area contributed by atoms with Crippen molar-refractivity contribution in [2.45, 2.75) is 37.5 Å². The molecule has 2 heteroatoms. The molecule has 15 heavy (non-hydrogen) atoms. The summed E-state index contributed by atoms with van der Waals surface area (Å²) in [4.78, 5) is 0. The van der Waals surface area contributed by atoms with Crippen molar-refractivity contribution in [3.05, 3.63) is 34.9 Å². The van der Waals surface area contributed by atoms with Crippen LogP contribution in [0.5, 0.6) is 0 Å². The van der Waals surface area contributed by atoms with E-state index < -0.39 is 0 Å². The van der Waals surface area contributed by atoms with E-state index in [1.165, 1.54) is 31.2 Å². The molecule has 2 rings (SSSR count). The van der Waals surface area contributed by atoms with Crippen molar-refractivity contribution in [1.82, 2.24) is 0 Å². The number of nitrogens with two attached hydrogens (primary N) is 1. The van der Waals surface area contributed by atoms with Crippen molar-refractivity contribution >= 4 is 11.6 Å². The first-order valence-electron chi connectivity index (χ1n) is 5.74. The molecule has 0 atom stereocenters. The lowest BCUT2D eigenvalue weighted by atomic mass is 9.76. The predicted molar refractivity (Wildman–Crippen MR) is 65.3 cm³/mol. The largest absolute Gasteiger partial charge is 0.330 e. The van der Waals surface area contributed by atoms with Crippen LogP contribution in [0, 0.1) is 0 Å².